The minimum atomic E-state index is -0.323. The molecular formula is C37H51BrO6. The van der Waals surface area contributed by atoms with E-state index in [2.05, 4.69) is 22.9 Å². The summed E-state index contributed by atoms with van der Waals surface area (Å²) in [5, 5.41) is 23.6. The summed E-state index contributed by atoms with van der Waals surface area (Å²) in [6.45, 7) is 10.9. The molecule has 0 amide bonds. The standard InChI is InChI=1S/C37H51BrO6/c1-6-7-8-10-13-20-42-30-22-33-35(36(40)28(30)18-16-26(4)5)37(41)34-27(17-15-25(2)3)29(24-39)31(23-32(34)44-33)43-21-14-11-9-12-19-38/h15-16,22-23,39-40H,6-14,17-21,24H2,1-5H3. The zero-order valence-electron chi connectivity index (χ0n) is 27.3. The number of allylic oxidation sites excluding steroid dienone is 4. The molecule has 44 heavy (non-hydrogen) atoms. The summed E-state index contributed by atoms with van der Waals surface area (Å²) < 4.78 is 18.8. The summed E-state index contributed by atoms with van der Waals surface area (Å²) in [5.41, 5.74) is 4.33. The van der Waals surface area contributed by atoms with Crippen molar-refractivity contribution in [2.75, 3.05) is 18.5 Å². The molecule has 3 rings (SSSR count). The molecule has 0 spiro atoms. The molecule has 7 heteroatoms. The molecule has 0 unspecified atom stereocenters. The first kappa shape index (κ1) is 35.7. The number of halogens is 1. The summed E-state index contributed by atoms with van der Waals surface area (Å²) in [6, 6.07) is 3.46. The maximum atomic E-state index is 14.3. The van der Waals surface area contributed by atoms with Crippen LogP contribution in [0.25, 0.3) is 21.9 Å². The number of phenols is 1. The first-order valence-corrected chi connectivity index (χ1v) is 17.3. The molecule has 0 radical (unpaired) electrons. The summed E-state index contributed by atoms with van der Waals surface area (Å²) in [5.74, 6) is 0.939. The molecule has 2 N–H and O–H groups in total. The Morgan fingerprint density at radius 1 is 0.773 bits per heavy atom. The number of aliphatic hydroxyl groups is 1. The monoisotopic (exact) mass is 670 g/mol. The number of aromatic hydroxyl groups is 1. The van der Waals surface area contributed by atoms with Crippen LogP contribution in [0.3, 0.4) is 0 Å². The number of aliphatic hydroxyl groups excluding tert-OH is 1. The van der Waals surface area contributed by atoms with Crippen molar-refractivity contribution in [1.82, 2.24) is 0 Å². The minimum absolute atomic E-state index is 0.112. The Kier molecular flexibility index (Phi) is 14.8. The van der Waals surface area contributed by atoms with Crippen LogP contribution in [0.1, 0.15) is 109 Å². The summed E-state index contributed by atoms with van der Waals surface area (Å²) in [4.78, 5) is 14.3. The first-order chi connectivity index (χ1) is 21.2. The van der Waals surface area contributed by atoms with Crippen LogP contribution < -0.4 is 14.9 Å². The largest absolute Gasteiger partial charge is 0.507 e. The lowest BCUT2D eigenvalue weighted by molar-refractivity contribution is 0.259. The van der Waals surface area contributed by atoms with Crippen molar-refractivity contribution < 1.29 is 24.1 Å². The maximum absolute atomic E-state index is 14.3. The van der Waals surface area contributed by atoms with E-state index >= 15 is 0 Å². The molecule has 0 aliphatic heterocycles. The van der Waals surface area contributed by atoms with Gasteiger partial charge in [-0.25, -0.2) is 0 Å². The SMILES string of the molecule is CCCCCCCOc1cc2oc3cc(OCCCCCCBr)c(CO)c(CC=C(C)C)c3c(=O)c2c(O)c1CC=C(C)C. The van der Waals surface area contributed by atoms with Crippen molar-refractivity contribution >= 4 is 37.9 Å². The molecule has 3 aromatic rings. The lowest BCUT2D eigenvalue weighted by atomic mass is 9.95. The molecule has 1 aromatic heterocycles. The number of fused-ring (bicyclic) bond motifs is 2. The van der Waals surface area contributed by atoms with Crippen LogP contribution in [0.2, 0.25) is 0 Å². The van der Waals surface area contributed by atoms with Gasteiger partial charge in [0.25, 0.3) is 0 Å². The third-order valence-electron chi connectivity index (χ3n) is 7.85. The molecule has 0 aliphatic carbocycles. The van der Waals surface area contributed by atoms with Crippen molar-refractivity contribution in [2.24, 2.45) is 0 Å². The molecule has 0 saturated carbocycles. The fraction of sp³-hybridized carbons (Fsp3) is 0.541. The molecule has 0 bridgehead atoms. The van der Waals surface area contributed by atoms with Gasteiger partial charge in [-0.15, -0.1) is 0 Å². The molecule has 0 atom stereocenters. The predicted molar refractivity (Wildman–Crippen MR) is 186 cm³/mol. The van der Waals surface area contributed by atoms with Crippen LogP contribution in [-0.4, -0.2) is 28.8 Å². The Morgan fingerprint density at radius 3 is 1.84 bits per heavy atom. The third kappa shape index (κ3) is 9.61. The Hall–Kier alpha value is -2.77. The van der Waals surface area contributed by atoms with Crippen LogP contribution in [0.5, 0.6) is 17.2 Å². The zero-order valence-corrected chi connectivity index (χ0v) is 28.9. The van der Waals surface area contributed by atoms with Crippen LogP contribution in [0.4, 0.5) is 0 Å². The van der Waals surface area contributed by atoms with E-state index in [0.717, 1.165) is 55.0 Å². The molecule has 1 heterocycles. The molecular weight excluding hydrogens is 620 g/mol. The highest BCUT2D eigenvalue weighted by molar-refractivity contribution is 9.09. The van der Waals surface area contributed by atoms with E-state index in [9.17, 15) is 15.0 Å². The number of hydrogen-bond donors (Lipinski definition) is 2. The van der Waals surface area contributed by atoms with Gasteiger partial charge in [-0.1, -0.05) is 84.7 Å². The Bertz CT molecular complexity index is 1490. The molecule has 242 valence electrons. The number of ether oxygens (including phenoxy) is 2. The van der Waals surface area contributed by atoms with Gasteiger partial charge in [-0.2, -0.15) is 0 Å². The van der Waals surface area contributed by atoms with Crippen LogP contribution >= 0.6 is 15.9 Å². The first-order valence-electron chi connectivity index (χ1n) is 16.2. The maximum Gasteiger partial charge on any atom is 0.204 e. The lowest BCUT2D eigenvalue weighted by Gasteiger charge is -2.18. The quantitative estimate of drug-likeness (QED) is 0.0571. The summed E-state index contributed by atoms with van der Waals surface area (Å²) in [6.07, 6.45) is 14.6. The topological polar surface area (TPSA) is 89.1 Å². The molecule has 0 aliphatic rings. The second-order valence-corrected chi connectivity index (χ2v) is 12.8. The van der Waals surface area contributed by atoms with Crippen molar-refractivity contribution in [3.8, 4) is 17.2 Å². The van der Waals surface area contributed by atoms with Crippen LogP contribution in [0, 0.1) is 0 Å². The van der Waals surface area contributed by atoms with Crippen LogP contribution in [-0.2, 0) is 19.4 Å². The number of phenolic OH excluding ortho intramolecular Hbond substituents is 1. The third-order valence-corrected chi connectivity index (χ3v) is 8.41. The van der Waals surface area contributed by atoms with Gasteiger partial charge in [0.1, 0.15) is 33.8 Å². The Labute approximate surface area is 271 Å². The Morgan fingerprint density at radius 2 is 1.30 bits per heavy atom. The highest BCUT2D eigenvalue weighted by Crippen LogP contribution is 2.39. The van der Waals surface area contributed by atoms with Gasteiger partial charge in [0.15, 0.2) is 0 Å². The number of hydrogen-bond acceptors (Lipinski definition) is 6. The van der Waals surface area contributed by atoms with E-state index in [1.54, 1.807) is 12.1 Å². The molecule has 6 nitrogen and oxygen atoms in total. The highest BCUT2D eigenvalue weighted by atomic mass is 79.9. The molecule has 0 fully saturated rings. The fourth-order valence-electron chi connectivity index (χ4n) is 5.35. The summed E-state index contributed by atoms with van der Waals surface area (Å²) >= 11 is 3.48. The van der Waals surface area contributed by atoms with Crippen molar-refractivity contribution in [3.05, 3.63) is 62.3 Å². The average Bonchev–Trinajstić information content (AvgIpc) is 2.98. The smallest absolute Gasteiger partial charge is 0.204 e. The minimum Gasteiger partial charge on any atom is -0.507 e. The van der Waals surface area contributed by atoms with Crippen LogP contribution in [0.15, 0.2) is 44.6 Å². The van der Waals surface area contributed by atoms with Crippen molar-refractivity contribution in [2.45, 2.75) is 112 Å². The van der Waals surface area contributed by atoms with Gasteiger partial charge in [0.2, 0.25) is 5.43 Å². The van der Waals surface area contributed by atoms with E-state index < -0.39 is 0 Å². The fourth-order valence-corrected chi connectivity index (χ4v) is 5.74. The van der Waals surface area contributed by atoms with Gasteiger partial charge in [0, 0.05) is 28.6 Å². The van der Waals surface area contributed by atoms with Gasteiger partial charge >= 0.3 is 0 Å². The Balaban J connectivity index is 2.17. The van der Waals surface area contributed by atoms with Crippen molar-refractivity contribution in [1.29, 1.82) is 0 Å². The number of unbranched alkanes of at least 4 members (excludes halogenated alkanes) is 7. The van der Waals surface area contributed by atoms with Gasteiger partial charge in [0.05, 0.1) is 25.2 Å². The zero-order chi connectivity index (χ0) is 32.1. The van der Waals surface area contributed by atoms with Crippen molar-refractivity contribution in [3.63, 3.8) is 0 Å². The average molecular weight is 672 g/mol. The molecule has 2 aromatic carbocycles. The number of alkyl halides is 1. The van der Waals surface area contributed by atoms with E-state index in [1.165, 1.54) is 19.3 Å². The number of rotatable bonds is 19. The van der Waals surface area contributed by atoms with E-state index in [-0.39, 0.29) is 28.8 Å². The highest BCUT2D eigenvalue weighted by Gasteiger charge is 2.23. The van der Waals surface area contributed by atoms with E-state index in [0.29, 0.717) is 65.2 Å². The second-order valence-electron chi connectivity index (χ2n) is 12.1. The van der Waals surface area contributed by atoms with E-state index in [4.69, 9.17) is 13.9 Å². The van der Waals surface area contributed by atoms with Gasteiger partial charge < -0.3 is 24.1 Å². The predicted octanol–water partition coefficient (Wildman–Crippen LogP) is 9.84. The second kappa shape index (κ2) is 18.3. The normalized spacial score (nSPS) is 11.2. The van der Waals surface area contributed by atoms with Gasteiger partial charge in [-0.05, 0) is 65.4 Å². The molecule has 0 saturated heterocycles. The number of benzene rings is 2. The van der Waals surface area contributed by atoms with Gasteiger partial charge in [-0.3, -0.25) is 4.79 Å². The lowest BCUT2D eigenvalue weighted by Crippen LogP contribution is -2.11. The summed E-state index contributed by atoms with van der Waals surface area (Å²) in [7, 11) is 0. The van der Waals surface area contributed by atoms with E-state index in [1.807, 2.05) is 39.8 Å².